The van der Waals surface area contributed by atoms with Gasteiger partial charge in [-0.15, -0.1) is 0 Å². The number of hydrogen-bond acceptors (Lipinski definition) is 5. The number of nitrogens with zero attached hydrogens (tertiary/aromatic N) is 4. The summed E-state index contributed by atoms with van der Waals surface area (Å²) in [6, 6.07) is 9.30. The van der Waals surface area contributed by atoms with Gasteiger partial charge < -0.3 is 9.88 Å². The van der Waals surface area contributed by atoms with Gasteiger partial charge in [0.2, 0.25) is 5.95 Å². The summed E-state index contributed by atoms with van der Waals surface area (Å²) >= 11 is 0. The SMILES string of the molecule is Cc1ccnc(N2CCCC2c2nc3ccccc3c(=O)[nH]2)n1. The number of aryl methyl sites for hydroxylation is 1. The van der Waals surface area contributed by atoms with Gasteiger partial charge >= 0.3 is 0 Å². The molecule has 1 fully saturated rings. The third kappa shape index (κ3) is 2.46. The standard InChI is InChI=1S/C17H17N5O/c1-11-8-9-18-17(19-11)22-10-4-7-14(22)15-20-13-6-3-2-5-12(13)16(23)21-15/h2-3,5-6,8-9,14H,4,7,10H2,1H3,(H,20,21,23). The van der Waals surface area contributed by atoms with Gasteiger partial charge in [0.1, 0.15) is 5.82 Å². The summed E-state index contributed by atoms with van der Waals surface area (Å²) in [6.07, 6.45) is 3.72. The van der Waals surface area contributed by atoms with Crippen molar-refractivity contribution in [1.82, 2.24) is 19.9 Å². The number of aromatic nitrogens is 4. The van der Waals surface area contributed by atoms with Gasteiger partial charge in [0.25, 0.3) is 5.56 Å². The lowest BCUT2D eigenvalue weighted by atomic mass is 10.2. The Labute approximate surface area is 133 Å². The predicted octanol–water partition coefficient (Wildman–Crippen LogP) is 2.36. The Bertz CT molecular complexity index is 920. The maximum Gasteiger partial charge on any atom is 0.258 e. The minimum atomic E-state index is -0.0948. The van der Waals surface area contributed by atoms with Crippen LogP contribution < -0.4 is 10.5 Å². The first kappa shape index (κ1) is 13.9. The van der Waals surface area contributed by atoms with Crippen LogP contribution in [0.1, 0.15) is 30.4 Å². The van der Waals surface area contributed by atoms with E-state index in [0.29, 0.717) is 17.2 Å². The maximum atomic E-state index is 12.3. The zero-order valence-corrected chi connectivity index (χ0v) is 12.9. The molecular formula is C17H17N5O. The predicted molar refractivity (Wildman–Crippen MR) is 88.5 cm³/mol. The van der Waals surface area contributed by atoms with Gasteiger partial charge in [-0.1, -0.05) is 12.1 Å². The van der Waals surface area contributed by atoms with Crippen LogP contribution in [0.25, 0.3) is 10.9 Å². The van der Waals surface area contributed by atoms with E-state index in [4.69, 9.17) is 0 Å². The molecule has 116 valence electrons. The number of anilines is 1. The van der Waals surface area contributed by atoms with Crippen molar-refractivity contribution < 1.29 is 0 Å². The first-order valence-corrected chi connectivity index (χ1v) is 7.77. The van der Waals surface area contributed by atoms with Crippen LogP contribution >= 0.6 is 0 Å². The lowest BCUT2D eigenvalue weighted by molar-refractivity contribution is 0.653. The highest BCUT2D eigenvalue weighted by molar-refractivity contribution is 5.77. The second-order valence-corrected chi connectivity index (χ2v) is 5.82. The highest BCUT2D eigenvalue weighted by Gasteiger charge is 2.30. The Hall–Kier alpha value is -2.76. The second kappa shape index (κ2) is 5.46. The monoisotopic (exact) mass is 307 g/mol. The normalized spacial score (nSPS) is 17.8. The van der Waals surface area contributed by atoms with Crippen LogP contribution in [0.3, 0.4) is 0 Å². The topological polar surface area (TPSA) is 74.8 Å². The zero-order chi connectivity index (χ0) is 15.8. The summed E-state index contributed by atoms with van der Waals surface area (Å²) in [5, 5.41) is 0.618. The molecule has 23 heavy (non-hydrogen) atoms. The van der Waals surface area contributed by atoms with Gasteiger partial charge in [0, 0.05) is 18.4 Å². The summed E-state index contributed by atoms with van der Waals surface area (Å²) in [5.74, 6) is 1.39. The molecule has 1 N–H and O–H groups in total. The van der Waals surface area contributed by atoms with Gasteiger partial charge in [-0.05, 0) is 38.0 Å². The average Bonchev–Trinajstić information content (AvgIpc) is 3.04. The fourth-order valence-corrected chi connectivity index (χ4v) is 3.13. The molecule has 0 spiro atoms. The number of H-pyrrole nitrogens is 1. The summed E-state index contributed by atoms with van der Waals surface area (Å²) in [5.41, 5.74) is 1.56. The fourth-order valence-electron chi connectivity index (χ4n) is 3.13. The van der Waals surface area contributed by atoms with Gasteiger partial charge in [-0.25, -0.2) is 15.0 Å². The van der Waals surface area contributed by atoms with E-state index in [0.717, 1.165) is 30.6 Å². The number of aromatic amines is 1. The van der Waals surface area contributed by atoms with E-state index in [1.165, 1.54) is 0 Å². The Morgan fingerprint density at radius 3 is 2.96 bits per heavy atom. The van der Waals surface area contributed by atoms with Gasteiger partial charge in [0.05, 0.1) is 16.9 Å². The molecule has 0 amide bonds. The Morgan fingerprint density at radius 1 is 1.22 bits per heavy atom. The molecule has 4 rings (SSSR count). The molecular weight excluding hydrogens is 290 g/mol. The molecule has 6 nitrogen and oxygen atoms in total. The Morgan fingerprint density at radius 2 is 2.09 bits per heavy atom. The van der Waals surface area contributed by atoms with Crippen LogP contribution in [-0.4, -0.2) is 26.5 Å². The van der Waals surface area contributed by atoms with Crippen LogP contribution in [0, 0.1) is 6.92 Å². The molecule has 0 radical (unpaired) electrons. The van der Waals surface area contributed by atoms with Crippen LogP contribution in [0.2, 0.25) is 0 Å². The average molecular weight is 307 g/mol. The van der Waals surface area contributed by atoms with Crippen LogP contribution in [0.15, 0.2) is 41.3 Å². The Balaban J connectivity index is 1.78. The first-order chi connectivity index (χ1) is 11.2. The summed E-state index contributed by atoms with van der Waals surface area (Å²) in [6.45, 7) is 2.82. The smallest absolute Gasteiger partial charge is 0.258 e. The molecule has 3 aromatic rings. The third-order valence-electron chi connectivity index (χ3n) is 4.24. The van der Waals surface area contributed by atoms with E-state index in [-0.39, 0.29) is 11.6 Å². The van der Waals surface area contributed by atoms with Gasteiger partial charge in [-0.3, -0.25) is 4.79 Å². The van der Waals surface area contributed by atoms with Crippen molar-refractivity contribution in [3.63, 3.8) is 0 Å². The van der Waals surface area contributed by atoms with E-state index < -0.39 is 0 Å². The lowest BCUT2D eigenvalue weighted by Gasteiger charge is -2.24. The minimum absolute atomic E-state index is 0.00843. The van der Waals surface area contributed by atoms with Crippen molar-refractivity contribution in [3.05, 3.63) is 58.4 Å². The summed E-state index contributed by atoms with van der Waals surface area (Å²) in [4.78, 5) is 30.9. The molecule has 1 aromatic carbocycles. The minimum Gasteiger partial charge on any atom is -0.331 e. The second-order valence-electron chi connectivity index (χ2n) is 5.82. The van der Waals surface area contributed by atoms with Gasteiger partial charge in [-0.2, -0.15) is 0 Å². The van der Waals surface area contributed by atoms with E-state index in [9.17, 15) is 4.79 Å². The van der Waals surface area contributed by atoms with E-state index in [1.807, 2.05) is 31.2 Å². The van der Waals surface area contributed by atoms with Crippen LogP contribution in [0.5, 0.6) is 0 Å². The molecule has 1 atom stereocenters. The largest absolute Gasteiger partial charge is 0.331 e. The quantitative estimate of drug-likeness (QED) is 0.786. The zero-order valence-electron chi connectivity index (χ0n) is 12.9. The highest BCUT2D eigenvalue weighted by atomic mass is 16.1. The molecule has 1 aliphatic heterocycles. The molecule has 0 bridgehead atoms. The number of fused-ring (bicyclic) bond motifs is 1. The number of hydrogen-bond donors (Lipinski definition) is 1. The van der Waals surface area contributed by atoms with Crippen LogP contribution in [0.4, 0.5) is 5.95 Å². The number of benzene rings is 1. The van der Waals surface area contributed by atoms with Crippen molar-refractivity contribution in [1.29, 1.82) is 0 Å². The van der Waals surface area contributed by atoms with E-state index >= 15 is 0 Å². The van der Waals surface area contributed by atoms with Crippen molar-refractivity contribution in [2.45, 2.75) is 25.8 Å². The number of nitrogens with one attached hydrogen (secondary N) is 1. The molecule has 3 heterocycles. The fraction of sp³-hybridized carbons (Fsp3) is 0.294. The van der Waals surface area contributed by atoms with Crippen molar-refractivity contribution in [2.24, 2.45) is 0 Å². The summed E-state index contributed by atoms with van der Waals surface area (Å²) in [7, 11) is 0. The third-order valence-corrected chi connectivity index (χ3v) is 4.24. The van der Waals surface area contributed by atoms with Crippen molar-refractivity contribution in [2.75, 3.05) is 11.4 Å². The first-order valence-electron chi connectivity index (χ1n) is 7.77. The van der Waals surface area contributed by atoms with Gasteiger partial charge in [0.15, 0.2) is 0 Å². The summed E-state index contributed by atoms with van der Waals surface area (Å²) < 4.78 is 0. The lowest BCUT2D eigenvalue weighted by Crippen LogP contribution is -2.28. The van der Waals surface area contributed by atoms with E-state index in [1.54, 1.807) is 12.3 Å². The number of para-hydroxylation sites is 1. The maximum absolute atomic E-state index is 12.3. The molecule has 1 saturated heterocycles. The molecule has 1 unspecified atom stereocenters. The Kier molecular flexibility index (Phi) is 3.29. The molecule has 0 aliphatic carbocycles. The molecule has 1 aliphatic rings. The molecule has 6 heteroatoms. The molecule has 2 aromatic heterocycles. The van der Waals surface area contributed by atoms with Crippen LogP contribution in [-0.2, 0) is 0 Å². The van der Waals surface area contributed by atoms with Crippen molar-refractivity contribution >= 4 is 16.9 Å². The number of rotatable bonds is 2. The van der Waals surface area contributed by atoms with E-state index in [2.05, 4.69) is 24.8 Å². The highest BCUT2D eigenvalue weighted by Crippen LogP contribution is 2.32. The molecule has 0 saturated carbocycles. The van der Waals surface area contributed by atoms with Crippen molar-refractivity contribution in [3.8, 4) is 0 Å².